The van der Waals surface area contributed by atoms with Crippen LogP contribution < -0.4 is 5.32 Å². The van der Waals surface area contributed by atoms with Crippen molar-refractivity contribution in [3.63, 3.8) is 0 Å². The average molecular weight is 499 g/mol. The fourth-order valence-corrected chi connectivity index (χ4v) is 4.93. The minimum absolute atomic E-state index is 0.312. The third-order valence-electron chi connectivity index (χ3n) is 6.40. The molecule has 1 N–H and O–H groups in total. The van der Waals surface area contributed by atoms with Gasteiger partial charge in [-0.1, -0.05) is 71.4 Å². The summed E-state index contributed by atoms with van der Waals surface area (Å²) in [6.07, 6.45) is 1.85. The van der Waals surface area contributed by atoms with Crippen LogP contribution in [-0.2, 0) is 6.42 Å². The van der Waals surface area contributed by atoms with Crippen molar-refractivity contribution in [1.29, 1.82) is 0 Å². The summed E-state index contributed by atoms with van der Waals surface area (Å²) in [6.45, 7) is 4.76. The molecule has 0 amide bonds. The van der Waals surface area contributed by atoms with E-state index in [0.717, 1.165) is 47.3 Å². The molecule has 7 heteroatoms. The summed E-state index contributed by atoms with van der Waals surface area (Å²) in [6, 6.07) is 24.5. The fraction of sp³-hybridized carbons (Fsp3) is 0.207. The molecule has 4 aromatic rings. The standard InChI is InChI=1S/C29H27FN4OS/c1-19-9-6-14-23(17-19)27-32-28(35-33-27)25-20(2)34(16-8-12-21-10-4-3-5-11-21)29(36)31-26(25)22-13-7-15-24(30)18-22/h3-7,9-11,13-15,17-18,26H,8,12,16H2,1-2H3,(H,31,36). The highest BCUT2D eigenvalue weighted by Crippen LogP contribution is 2.37. The Labute approximate surface area is 215 Å². The molecule has 0 saturated heterocycles. The molecule has 182 valence electrons. The van der Waals surface area contributed by atoms with Crippen molar-refractivity contribution in [3.05, 3.63) is 113 Å². The number of aromatic nitrogens is 2. The number of hydrogen-bond acceptors (Lipinski definition) is 4. The summed E-state index contributed by atoms with van der Waals surface area (Å²) in [4.78, 5) is 6.81. The zero-order valence-corrected chi connectivity index (χ0v) is 21.1. The molecule has 0 spiro atoms. The first-order valence-corrected chi connectivity index (χ1v) is 12.4. The van der Waals surface area contributed by atoms with Gasteiger partial charge < -0.3 is 14.7 Å². The number of allylic oxidation sites excluding steroid dienone is 1. The Morgan fingerprint density at radius 3 is 2.58 bits per heavy atom. The van der Waals surface area contributed by atoms with Crippen molar-refractivity contribution in [1.82, 2.24) is 20.4 Å². The van der Waals surface area contributed by atoms with Gasteiger partial charge >= 0.3 is 0 Å². The van der Waals surface area contributed by atoms with Crippen molar-refractivity contribution >= 4 is 22.9 Å². The van der Waals surface area contributed by atoms with Crippen molar-refractivity contribution < 1.29 is 8.91 Å². The zero-order valence-electron chi connectivity index (χ0n) is 20.2. The summed E-state index contributed by atoms with van der Waals surface area (Å²) in [5.74, 6) is 0.589. The maximum Gasteiger partial charge on any atom is 0.258 e. The highest BCUT2D eigenvalue weighted by atomic mass is 32.1. The molecule has 0 bridgehead atoms. The molecule has 36 heavy (non-hydrogen) atoms. The van der Waals surface area contributed by atoms with Gasteiger partial charge in [-0.25, -0.2) is 4.39 Å². The van der Waals surface area contributed by atoms with Gasteiger partial charge in [-0.15, -0.1) is 0 Å². The molecule has 0 radical (unpaired) electrons. The van der Waals surface area contributed by atoms with E-state index >= 15 is 0 Å². The lowest BCUT2D eigenvalue weighted by Crippen LogP contribution is -2.46. The summed E-state index contributed by atoms with van der Waals surface area (Å²) < 4.78 is 20.0. The number of thiocarbonyl (C=S) groups is 1. The van der Waals surface area contributed by atoms with Gasteiger partial charge in [-0.2, -0.15) is 4.98 Å². The molecule has 2 heterocycles. The van der Waals surface area contributed by atoms with Crippen molar-refractivity contribution in [3.8, 4) is 11.4 Å². The predicted octanol–water partition coefficient (Wildman–Crippen LogP) is 6.48. The Morgan fingerprint density at radius 2 is 1.81 bits per heavy atom. The smallest absolute Gasteiger partial charge is 0.258 e. The van der Waals surface area contributed by atoms with Gasteiger partial charge in [0.25, 0.3) is 5.89 Å². The third-order valence-corrected chi connectivity index (χ3v) is 6.74. The van der Waals surface area contributed by atoms with E-state index in [4.69, 9.17) is 21.7 Å². The van der Waals surface area contributed by atoms with Crippen LogP contribution in [0.25, 0.3) is 17.0 Å². The Bertz CT molecular complexity index is 1420. The lowest BCUT2D eigenvalue weighted by atomic mass is 9.94. The van der Waals surface area contributed by atoms with Gasteiger partial charge in [0.2, 0.25) is 5.82 Å². The first-order valence-electron chi connectivity index (χ1n) is 12.0. The Hall–Kier alpha value is -3.84. The van der Waals surface area contributed by atoms with E-state index in [1.165, 1.54) is 17.7 Å². The number of halogens is 1. The lowest BCUT2D eigenvalue weighted by molar-refractivity contribution is 0.395. The minimum atomic E-state index is -0.413. The second-order valence-corrected chi connectivity index (χ2v) is 9.36. The number of nitrogens with one attached hydrogen (secondary N) is 1. The summed E-state index contributed by atoms with van der Waals surface area (Å²) in [5.41, 5.74) is 5.73. The summed E-state index contributed by atoms with van der Waals surface area (Å²) in [7, 11) is 0. The molecular weight excluding hydrogens is 471 g/mol. The largest absolute Gasteiger partial charge is 0.351 e. The number of aryl methyl sites for hydroxylation is 2. The van der Waals surface area contributed by atoms with Crippen LogP contribution >= 0.6 is 12.2 Å². The number of hydrogen-bond donors (Lipinski definition) is 1. The molecule has 0 aliphatic carbocycles. The van der Waals surface area contributed by atoms with Crippen molar-refractivity contribution in [2.24, 2.45) is 0 Å². The highest BCUT2D eigenvalue weighted by Gasteiger charge is 2.34. The maximum absolute atomic E-state index is 14.2. The van der Waals surface area contributed by atoms with Crippen LogP contribution in [-0.4, -0.2) is 26.7 Å². The van der Waals surface area contributed by atoms with Crippen LogP contribution in [0.4, 0.5) is 4.39 Å². The van der Waals surface area contributed by atoms with Gasteiger partial charge in [0.15, 0.2) is 5.11 Å². The van der Waals surface area contributed by atoms with E-state index in [1.807, 2.05) is 50.2 Å². The van der Waals surface area contributed by atoms with E-state index < -0.39 is 6.04 Å². The predicted molar refractivity (Wildman–Crippen MR) is 143 cm³/mol. The van der Waals surface area contributed by atoms with Crippen LogP contribution in [0.15, 0.2) is 89.1 Å². The van der Waals surface area contributed by atoms with Crippen LogP contribution in [0.3, 0.4) is 0 Å². The quantitative estimate of drug-likeness (QED) is 0.294. The van der Waals surface area contributed by atoms with Crippen LogP contribution in [0.1, 0.15) is 42.0 Å². The van der Waals surface area contributed by atoms with E-state index in [1.54, 1.807) is 6.07 Å². The molecule has 0 saturated carbocycles. The van der Waals surface area contributed by atoms with E-state index in [0.29, 0.717) is 16.8 Å². The second-order valence-electron chi connectivity index (χ2n) is 8.97. The first-order chi connectivity index (χ1) is 17.5. The van der Waals surface area contributed by atoms with Gasteiger partial charge in [0.05, 0.1) is 11.6 Å². The Morgan fingerprint density at radius 1 is 1.00 bits per heavy atom. The zero-order chi connectivity index (χ0) is 25.1. The van der Waals surface area contributed by atoms with E-state index in [2.05, 4.69) is 39.6 Å². The molecule has 1 aromatic heterocycles. The topological polar surface area (TPSA) is 54.2 Å². The molecule has 1 unspecified atom stereocenters. The highest BCUT2D eigenvalue weighted by molar-refractivity contribution is 7.80. The normalized spacial score (nSPS) is 15.8. The number of nitrogens with zero attached hydrogens (tertiary/aromatic N) is 3. The van der Waals surface area contributed by atoms with Crippen LogP contribution in [0.2, 0.25) is 0 Å². The van der Waals surface area contributed by atoms with Gasteiger partial charge in [-0.05, 0) is 68.2 Å². The molecule has 0 fully saturated rings. The molecule has 5 rings (SSSR count). The van der Waals surface area contributed by atoms with Crippen LogP contribution in [0.5, 0.6) is 0 Å². The van der Waals surface area contributed by atoms with Gasteiger partial charge in [0, 0.05) is 17.8 Å². The summed E-state index contributed by atoms with van der Waals surface area (Å²) in [5, 5.41) is 8.25. The monoisotopic (exact) mass is 498 g/mol. The SMILES string of the molecule is CC1=C(c2nc(-c3cccc(C)c3)no2)C(c2cccc(F)c2)NC(=S)N1CCCc1ccccc1. The second kappa shape index (κ2) is 10.4. The molecule has 1 atom stereocenters. The van der Waals surface area contributed by atoms with E-state index in [9.17, 15) is 4.39 Å². The number of rotatable bonds is 7. The fourth-order valence-electron chi connectivity index (χ4n) is 4.58. The third kappa shape index (κ3) is 5.06. The summed E-state index contributed by atoms with van der Waals surface area (Å²) >= 11 is 5.76. The molecule has 5 nitrogen and oxygen atoms in total. The Kier molecular flexibility index (Phi) is 6.91. The average Bonchev–Trinajstić information content (AvgIpc) is 3.36. The van der Waals surface area contributed by atoms with Crippen molar-refractivity contribution in [2.45, 2.75) is 32.7 Å². The Balaban J connectivity index is 1.50. The number of benzene rings is 3. The lowest BCUT2D eigenvalue weighted by Gasteiger charge is -2.37. The first kappa shape index (κ1) is 23.9. The van der Waals surface area contributed by atoms with Crippen LogP contribution in [0, 0.1) is 12.7 Å². The molecule has 1 aliphatic rings. The van der Waals surface area contributed by atoms with Gasteiger partial charge in [0.1, 0.15) is 5.82 Å². The van der Waals surface area contributed by atoms with E-state index in [-0.39, 0.29) is 5.82 Å². The van der Waals surface area contributed by atoms with Crippen molar-refractivity contribution in [2.75, 3.05) is 6.54 Å². The molecule has 1 aliphatic heterocycles. The maximum atomic E-state index is 14.2. The van der Waals surface area contributed by atoms with Gasteiger partial charge in [-0.3, -0.25) is 0 Å². The minimum Gasteiger partial charge on any atom is -0.351 e. The molecule has 3 aromatic carbocycles. The molecular formula is C29H27FN4OS.